The van der Waals surface area contributed by atoms with E-state index in [4.69, 9.17) is 9.47 Å². The van der Waals surface area contributed by atoms with Crippen molar-refractivity contribution >= 4 is 17.0 Å². The van der Waals surface area contributed by atoms with Gasteiger partial charge in [0.15, 0.2) is 17.3 Å². The molecule has 0 spiro atoms. The lowest BCUT2D eigenvalue weighted by atomic mass is 10.1. The number of rotatable bonds is 7. The van der Waals surface area contributed by atoms with Crippen LogP contribution in [0.2, 0.25) is 0 Å². The van der Waals surface area contributed by atoms with Crippen molar-refractivity contribution in [3.63, 3.8) is 0 Å². The Bertz CT molecular complexity index is 1380. The van der Waals surface area contributed by atoms with Crippen molar-refractivity contribution in [1.82, 2.24) is 24.4 Å². The number of anilines is 1. The second-order valence-electron chi connectivity index (χ2n) is 8.20. The quantitative estimate of drug-likeness (QED) is 0.435. The van der Waals surface area contributed by atoms with Gasteiger partial charge in [-0.25, -0.2) is 9.37 Å². The number of aryl methyl sites for hydroxylation is 1. The maximum Gasteiger partial charge on any atom is 0.294 e. The number of pyridine rings is 2. The van der Waals surface area contributed by atoms with E-state index in [9.17, 15) is 9.18 Å². The number of nitrogens with one attached hydrogen (secondary N) is 1. The molecule has 1 aliphatic rings. The molecule has 35 heavy (non-hydrogen) atoms. The van der Waals surface area contributed by atoms with Crippen LogP contribution in [0.1, 0.15) is 11.6 Å². The van der Waals surface area contributed by atoms with E-state index in [-0.39, 0.29) is 17.5 Å². The fourth-order valence-corrected chi connectivity index (χ4v) is 4.14. The van der Waals surface area contributed by atoms with Crippen LogP contribution in [0.15, 0.2) is 65.8 Å². The van der Waals surface area contributed by atoms with Crippen LogP contribution in [0, 0.1) is 5.82 Å². The van der Waals surface area contributed by atoms with E-state index in [0.29, 0.717) is 36.7 Å². The molecular weight excluding hydrogens is 451 g/mol. The summed E-state index contributed by atoms with van der Waals surface area (Å²) in [4.78, 5) is 28.4. The standard InChI is InChI=1S/C25H25FN6O3/c1-31-23-18(14-22(24(31)33)35-21-5-3-2-4-19(21)26)15-28-25(30-23)29-16-20(17-6-8-27-9-7-17)32-10-12-34-13-11-32/h2-9,14-15,20H,10-13,16H2,1H3,(H,28,29,30). The second-order valence-corrected chi connectivity index (χ2v) is 8.20. The molecule has 1 fully saturated rings. The fraction of sp³-hybridized carbons (Fsp3) is 0.280. The first kappa shape index (κ1) is 22.9. The Labute approximate surface area is 201 Å². The molecule has 1 unspecified atom stereocenters. The number of nitrogens with zero attached hydrogens (tertiary/aromatic N) is 5. The lowest BCUT2D eigenvalue weighted by Gasteiger charge is -2.34. The summed E-state index contributed by atoms with van der Waals surface area (Å²) in [5, 5.41) is 3.92. The highest BCUT2D eigenvalue weighted by Crippen LogP contribution is 2.25. The first-order chi connectivity index (χ1) is 17.1. The Hall–Kier alpha value is -3.89. The van der Waals surface area contributed by atoms with Crippen molar-refractivity contribution in [2.45, 2.75) is 6.04 Å². The number of para-hydroxylation sites is 1. The van der Waals surface area contributed by atoms with Gasteiger partial charge in [0, 0.05) is 50.7 Å². The number of benzene rings is 1. The minimum atomic E-state index is -0.547. The summed E-state index contributed by atoms with van der Waals surface area (Å²) >= 11 is 0. The molecule has 4 heterocycles. The summed E-state index contributed by atoms with van der Waals surface area (Å²) in [5.41, 5.74) is 1.16. The Morgan fingerprint density at radius 2 is 1.91 bits per heavy atom. The van der Waals surface area contributed by atoms with Gasteiger partial charge in [-0.2, -0.15) is 4.98 Å². The number of hydrogen-bond donors (Lipinski definition) is 1. The molecule has 0 amide bonds. The maximum atomic E-state index is 14.0. The summed E-state index contributed by atoms with van der Waals surface area (Å²) in [6.45, 7) is 3.60. The Balaban J connectivity index is 1.39. The van der Waals surface area contributed by atoms with Gasteiger partial charge in [-0.05, 0) is 35.9 Å². The van der Waals surface area contributed by atoms with Crippen LogP contribution < -0.4 is 15.6 Å². The average Bonchev–Trinajstić information content (AvgIpc) is 2.90. The average molecular weight is 477 g/mol. The number of morpholine rings is 1. The summed E-state index contributed by atoms with van der Waals surface area (Å²) < 4.78 is 26.4. The predicted molar refractivity (Wildman–Crippen MR) is 129 cm³/mol. The van der Waals surface area contributed by atoms with Crippen LogP contribution in [0.4, 0.5) is 10.3 Å². The van der Waals surface area contributed by atoms with E-state index < -0.39 is 11.4 Å². The molecule has 0 radical (unpaired) electrons. The van der Waals surface area contributed by atoms with E-state index in [1.165, 1.54) is 22.8 Å². The molecule has 1 aromatic carbocycles. The number of hydrogen-bond acceptors (Lipinski definition) is 8. The van der Waals surface area contributed by atoms with Crippen LogP contribution in [-0.4, -0.2) is 57.3 Å². The molecule has 1 N–H and O–H groups in total. The molecule has 3 aromatic heterocycles. The zero-order valence-corrected chi connectivity index (χ0v) is 19.2. The monoisotopic (exact) mass is 476 g/mol. The Morgan fingerprint density at radius 1 is 1.14 bits per heavy atom. The number of fused-ring (bicyclic) bond motifs is 1. The molecule has 1 aliphatic heterocycles. The van der Waals surface area contributed by atoms with Crippen molar-refractivity contribution in [3.8, 4) is 11.5 Å². The molecular formula is C25H25FN6O3. The molecule has 10 heteroatoms. The van der Waals surface area contributed by atoms with Gasteiger partial charge in [0.05, 0.1) is 19.3 Å². The van der Waals surface area contributed by atoms with Gasteiger partial charge < -0.3 is 14.8 Å². The molecule has 180 valence electrons. The van der Waals surface area contributed by atoms with Gasteiger partial charge in [0.25, 0.3) is 5.56 Å². The molecule has 0 aliphatic carbocycles. The SMILES string of the molecule is Cn1c(=O)c(Oc2ccccc2F)cc2cnc(NCC(c3ccncc3)N3CCOCC3)nc21. The van der Waals surface area contributed by atoms with E-state index in [2.05, 4.69) is 25.2 Å². The molecule has 1 saturated heterocycles. The van der Waals surface area contributed by atoms with Crippen LogP contribution in [0.5, 0.6) is 11.5 Å². The number of aromatic nitrogens is 4. The van der Waals surface area contributed by atoms with Crippen molar-refractivity contribution in [3.05, 3.63) is 82.8 Å². The van der Waals surface area contributed by atoms with Crippen molar-refractivity contribution in [2.24, 2.45) is 7.05 Å². The van der Waals surface area contributed by atoms with Gasteiger partial charge in [-0.3, -0.25) is 19.2 Å². The van der Waals surface area contributed by atoms with E-state index in [1.54, 1.807) is 37.8 Å². The smallest absolute Gasteiger partial charge is 0.294 e. The van der Waals surface area contributed by atoms with Crippen LogP contribution >= 0.6 is 0 Å². The molecule has 0 bridgehead atoms. The molecule has 1 atom stereocenters. The number of ether oxygens (including phenoxy) is 2. The highest BCUT2D eigenvalue weighted by molar-refractivity contribution is 5.76. The van der Waals surface area contributed by atoms with Gasteiger partial charge >= 0.3 is 0 Å². The van der Waals surface area contributed by atoms with Gasteiger partial charge in [0.2, 0.25) is 5.95 Å². The van der Waals surface area contributed by atoms with Crippen LogP contribution in [0.25, 0.3) is 11.0 Å². The third-order valence-corrected chi connectivity index (χ3v) is 6.00. The summed E-state index contributed by atoms with van der Waals surface area (Å²) in [6.07, 6.45) is 5.19. The predicted octanol–water partition coefficient (Wildman–Crippen LogP) is 3.14. The lowest BCUT2D eigenvalue weighted by Crippen LogP contribution is -2.41. The first-order valence-electron chi connectivity index (χ1n) is 11.3. The third-order valence-electron chi connectivity index (χ3n) is 6.00. The molecule has 9 nitrogen and oxygen atoms in total. The minimum absolute atomic E-state index is 0.000484. The Morgan fingerprint density at radius 3 is 2.69 bits per heavy atom. The second kappa shape index (κ2) is 10.2. The van der Waals surface area contributed by atoms with Gasteiger partial charge in [0.1, 0.15) is 5.65 Å². The lowest BCUT2D eigenvalue weighted by molar-refractivity contribution is 0.0186. The summed E-state index contributed by atoms with van der Waals surface area (Å²) in [6, 6.07) is 11.6. The zero-order chi connectivity index (χ0) is 24.2. The largest absolute Gasteiger partial charge is 0.448 e. The molecule has 5 rings (SSSR count). The van der Waals surface area contributed by atoms with E-state index >= 15 is 0 Å². The summed E-state index contributed by atoms with van der Waals surface area (Å²) in [5.74, 6) is -0.162. The highest BCUT2D eigenvalue weighted by atomic mass is 19.1. The van der Waals surface area contributed by atoms with Gasteiger partial charge in [-0.1, -0.05) is 12.1 Å². The van der Waals surface area contributed by atoms with Crippen molar-refractivity contribution in [1.29, 1.82) is 0 Å². The Kier molecular flexibility index (Phi) is 6.64. The normalized spacial score (nSPS) is 15.1. The molecule has 4 aromatic rings. The number of halogens is 1. The fourth-order valence-electron chi connectivity index (χ4n) is 4.14. The molecule has 0 saturated carbocycles. The third kappa shape index (κ3) is 4.98. The minimum Gasteiger partial charge on any atom is -0.448 e. The van der Waals surface area contributed by atoms with E-state index in [0.717, 1.165) is 18.7 Å². The highest BCUT2D eigenvalue weighted by Gasteiger charge is 2.23. The van der Waals surface area contributed by atoms with Crippen molar-refractivity contribution in [2.75, 3.05) is 38.2 Å². The first-order valence-corrected chi connectivity index (χ1v) is 11.3. The van der Waals surface area contributed by atoms with Crippen LogP contribution in [-0.2, 0) is 11.8 Å². The van der Waals surface area contributed by atoms with Crippen molar-refractivity contribution < 1.29 is 13.9 Å². The van der Waals surface area contributed by atoms with Gasteiger partial charge in [-0.15, -0.1) is 0 Å². The topological polar surface area (TPSA) is 94.4 Å². The van der Waals surface area contributed by atoms with Crippen LogP contribution in [0.3, 0.4) is 0 Å². The maximum absolute atomic E-state index is 14.0. The van der Waals surface area contributed by atoms with E-state index in [1.807, 2.05) is 12.1 Å². The summed E-state index contributed by atoms with van der Waals surface area (Å²) in [7, 11) is 1.60. The zero-order valence-electron chi connectivity index (χ0n) is 19.2.